The molecule has 0 radical (unpaired) electrons. The number of aryl methyl sites for hydroxylation is 1. The maximum Gasteiger partial charge on any atom is 0.186 e. The minimum absolute atomic E-state index is 0.0362. The van der Waals surface area contributed by atoms with Gasteiger partial charge in [0.05, 0.1) is 5.01 Å². The molecule has 1 aromatic carbocycles. The molecule has 17 heavy (non-hydrogen) atoms. The minimum Gasteiger partial charge on any atom is -0.292 e. The van der Waals surface area contributed by atoms with Crippen molar-refractivity contribution in [2.75, 3.05) is 0 Å². The van der Waals surface area contributed by atoms with E-state index in [0.29, 0.717) is 11.3 Å². The zero-order chi connectivity index (χ0) is 12.4. The second-order valence-corrected chi connectivity index (χ2v) is 5.57. The van der Waals surface area contributed by atoms with Gasteiger partial charge >= 0.3 is 0 Å². The lowest BCUT2D eigenvalue weighted by atomic mass is 10.1. The van der Waals surface area contributed by atoms with Gasteiger partial charge in [0.15, 0.2) is 5.78 Å². The summed E-state index contributed by atoms with van der Waals surface area (Å²) in [7, 11) is 0. The van der Waals surface area contributed by atoms with Gasteiger partial charge in [-0.3, -0.25) is 4.79 Å². The van der Waals surface area contributed by atoms with E-state index in [0.717, 1.165) is 9.48 Å². The molecule has 88 valence electrons. The van der Waals surface area contributed by atoms with Gasteiger partial charge in [-0.2, -0.15) is 0 Å². The van der Waals surface area contributed by atoms with Crippen LogP contribution in [0.2, 0.25) is 0 Å². The topological polar surface area (TPSA) is 30.0 Å². The number of carbonyl (C=O) groups is 1. The van der Waals surface area contributed by atoms with Crippen LogP contribution >= 0.6 is 27.3 Å². The summed E-state index contributed by atoms with van der Waals surface area (Å²) in [4.78, 5) is 15.9. The molecule has 0 aliphatic rings. The van der Waals surface area contributed by atoms with E-state index in [9.17, 15) is 9.18 Å². The average molecular weight is 314 g/mol. The Kier molecular flexibility index (Phi) is 3.69. The fourth-order valence-electron chi connectivity index (χ4n) is 1.43. The van der Waals surface area contributed by atoms with Gasteiger partial charge in [0.2, 0.25) is 0 Å². The van der Waals surface area contributed by atoms with Crippen LogP contribution in [-0.4, -0.2) is 10.8 Å². The largest absolute Gasteiger partial charge is 0.292 e. The van der Waals surface area contributed by atoms with E-state index >= 15 is 0 Å². The molecule has 2 aromatic rings. The molecule has 0 aliphatic carbocycles. The summed E-state index contributed by atoms with van der Waals surface area (Å²) in [6.45, 7) is 1.83. The molecule has 0 atom stereocenters. The van der Waals surface area contributed by atoms with Crippen LogP contribution in [0.4, 0.5) is 4.39 Å². The third-order valence-corrected chi connectivity index (χ3v) is 3.53. The number of nitrogens with zero attached hydrogens (tertiary/aromatic N) is 1. The highest BCUT2D eigenvalue weighted by Crippen LogP contribution is 2.18. The Balaban J connectivity index is 2.21. The summed E-state index contributed by atoms with van der Waals surface area (Å²) in [5, 5.41) is 2.54. The first-order valence-corrected chi connectivity index (χ1v) is 6.63. The molecule has 5 heteroatoms. The van der Waals surface area contributed by atoms with Crippen LogP contribution in [0.15, 0.2) is 28.1 Å². The first kappa shape index (κ1) is 12.4. The molecule has 0 spiro atoms. The van der Waals surface area contributed by atoms with Gasteiger partial charge < -0.3 is 0 Å². The highest BCUT2D eigenvalue weighted by molar-refractivity contribution is 9.10. The number of hydrogen-bond acceptors (Lipinski definition) is 3. The van der Waals surface area contributed by atoms with Crippen LogP contribution in [0.5, 0.6) is 0 Å². The number of ketones is 1. The van der Waals surface area contributed by atoms with Crippen molar-refractivity contribution in [3.8, 4) is 0 Å². The first-order chi connectivity index (χ1) is 8.06. The fraction of sp³-hybridized carbons (Fsp3) is 0.167. The normalized spacial score (nSPS) is 10.5. The van der Waals surface area contributed by atoms with Gasteiger partial charge in [-0.25, -0.2) is 9.37 Å². The molecule has 0 N–H and O–H groups in total. The van der Waals surface area contributed by atoms with E-state index in [2.05, 4.69) is 20.9 Å². The van der Waals surface area contributed by atoms with E-state index in [1.54, 1.807) is 17.5 Å². The molecular weight excluding hydrogens is 305 g/mol. The lowest BCUT2D eigenvalue weighted by Gasteiger charge is -2.01. The Morgan fingerprint density at radius 1 is 1.53 bits per heavy atom. The second-order valence-electron chi connectivity index (χ2n) is 3.59. The quantitative estimate of drug-likeness (QED) is 0.807. The van der Waals surface area contributed by atoms with Crippen LogP contribution in [0.3, 0.4) is 0 Å². The van der Waals surface area contributed by atoms with Crippen molar-refractivity contribution in [3.63, 3.8) is 0 Å². The molecule has 0 fully saturated rings. The average Bonchev–Trinajstić information content (AvgIpc) is 2.70. The number of thiazole rings is 1. The SMILES string of the molecule is Cc1nc(C(=O)Cc2cc(Br)ccc2F)cs1. The summed E-state index contributed by atoms with van der Waals surface area (Å²) in [6.07, 6.45) is 0.0362. The van der Waals surface area contributed by atoms with Gasteiger partial charge in [-0.15, -0.1) is 11.3 Å². The van der Waals surface area contributed by atoms with Gasteiger partial charge in [0.1, 0.15) is 11.5 Å². The Morgan fingerprint density at radius 3 is 2.94 bits per heavy atom. The molecule has 1 heterocycles. The zero-order valence-electron chi connectivity index (χ0n) is 9.04. The highest BCUT2D eigenvalue weighted by Gasteiger charge is 2.13. The highest BCUT2D eigenvalue weighted by atomic mass is 79.9. The number of hydrogen-bond donors (Lipinski definition) is 0. The summed E-state index contributed by atoms with van der Waals surface area (Å²) in [5.74, 6) is -0.528. The Bertz CT molecular complexity index is 567. The van der Waals surface area contributed by atoms with Gasteiger partial charge in [-0.05, 0) is 30.7 Å². The predicted molar refractivity (Wildman–Crippen MR) is 69.0 cm³/mol. The van der Waals surface area contributed by atoms with Crippen molar-refractivity contribution in [1.29, 1.82) is 0 Å². The maximum atomic E-state index is 13.5. The van der Waals surface area contributed by atoms with Gasteiger partial charge in [-0.1, -0.05) is 15.9 Å². The summed E-state index contributed by atoms with van der Waals surface area (Å²) in [5.41, 5.74) is 0.793. The standard InChI is InChI=1S/C12H9BrFNOS/c1-7-15-11(6-17-7)12(16)5-8-4-9(13)2-3-10(8)14/h2-4,6H,5H2,1H3. The van der Waals surface area contributed by atoms with E-state index in [4.69, 9.17) is 0 Å². The molecule has 0 unspecified atom stereocenters. The third kappa shape index (κ3) is 2.98. The van der Waals surface area contributed by atoms with Crippen molar-refractivity contribution < 1.29 is 9.18 Å². The number of rotatable bonds is 3. The smallest absolute Gasteiger partial charge is 0.186 e. The predicted octanol–water partition coefficient (Wildman–Crippen LogP) is 3.78. The first-order valence-electron chi connectivity index (χ1n) is 4.95. The maximum absolute atomic E-state index is 13.5. The molecule has 0 aliphatic heterocycles. The van der Waals surface area contributed by atoms with Crippen molar-refractivity contribution in [2.24, 2.45) is 0 Å². The monoisotopic (exact) mass is 313 g/mol. The van der Waals surface area contributed by atoms with Crippen molar-refractivity contribution >= 4 is 33.0 Å². The molecule has 2 rings (SSSR count). The molecule has 1 aromatic heterocycles. The van der Waals surface area contributed by atoms with Crippen LogP contribution in [0.25, 0.3) is 0 Å². The lowest BCUT2D eigenvalue weighted by Crippen LogP contribution is -2.05. The fourth-order valence-corrected chi connectivity index (χ4v) is 2.46. The third-order valence-electron chi connectivity index (χ3n) is 2.26. The van der Waals surface area contributed by atoms with Crippen molar-refractivity contribution in [3.05, 3.63) is 50.1 Å². The van der Waals surface area contributed by atoms with Crippen LogP contribution in [0, 0.1) is 12.7 Å². The molecule has 0 saturated carbocycles. The van der Waals surface area contributed by atoms with Gasteiger partial charge in [0, 0.05) is 16.3 Å². The number of Topliss-reactive ketones (excluding diaryl/α,β-unsaturated/α-hetero) is 1. The zero-order valence-corrected chi connectivity index (χ0v) is 11.4. The molecular formula is C12H9BrFNOS. The molecule has 2 nitrogen and oxygen atoms in total. The second kappa shape index (κ2) is 5.06. The van der Waals surface area contributed by atoms with Crippen LogP contribution < -0.4 is 0 Å². The molecule has 0 saturated heterocycles. The van der Waals surface area contributed by atoms with E-state index in [-0.39, 0.29) is 18.0 Å². The van der Waals surface area contributed by atoms with E-state index in [1.807, 2.05) is 6.92 Å². The number of benzene rings is 1. The number of halogens is 2. The summed E-state index contributed by atoms with van der Waals surface area (Å²) < 4.78 is 14.2. The van der Waals surface area contributed by atoms with E-state index < -0.39 is 0 Å². The van der Waals surface area contributed by atoms with Gasteiger partial charge in [0.25, 0.3) is 0 Å². The summed E-state index contributed by atoms with van der Waals surface area (Å²) >= 11 is 4.67. The Hall–Kier alpha value is -1.07. The lowest BCUT2D eigenvalue weighted by molar-refractivity contribution is 0.0987. The van der Waals surface area contributed by atoms with Crippen LogP contribution in [-0.2, 0) is 6.42 Å². The Morgan fingerprint density at radius 2 is 2.29 bits per heavy atom. The Labute approximate surface area is 111 Å². The number of aromatic nitrogens is 1. The summed E-state index contributed by atoms with van der Waals surface area (Å²) in [6, 6.07) is 4.57. The number of carbonyl (C=O) groups excluding carboxylic acids is 1. The van der Waals surface area contributed by atoms with Crippen molar-refractivity contribution in [2.45, 2.75) is 13.3 Å². The van der Waals surface area contributed by atoms with E-state index in [1.165, 1.54) is 17.4 Å². The minimum atomic E-state index is -0.367. The molecule has 0 bridgehead atoms. The molecule has 0 amide bonds. The van der Waals surface area contributed by atoms with Crippen LogP contribution in [0.1, 0.15) is 21.1 Å². The van der Waals surface area contributed by atoms with Crippen molar-refractivity contribution in [1.82, 2.24) is 4.98 Å².